The minimum Gasteiger partial charge on any atom is -0.468 e. The second-order valence-corrected chi connectivity index (χ2v) is 4.16. The van der Waals surface area contributed by atoms with Gasteiger partial charge in [0.15, 0.2) is 0 Å². The van der Waals surface area contributed by atoms with E-state index in [1.54, 1.807) is 32.2 Å². The number of rotatable bonds is 4. The average molecular weight is 250 g/mol. The zero-order valence-corrected chi connectivity index (χ0v) is 10.8. The molecule has 5 heteroatoms. The number of methoxy groups -OCH3 is 1. The molecule has 0 heterocycles. The minimum absolute atomic E-state index is 0.0536. The van der Waals surface area contributed by atoms with E-state index in [4.69, 9.17) is 5.73 Å². The van der Waals surface area contributed by atoms with Crippen molar-refractivity contribution in [3.63, 3.8) is 0 Å². The predicted octanol–water partition coefficient (Wildman–Crippen LogP) is 1.00. The topological polar surface area (TPSA) is 72.6 Å². The summed E-state index contributed by atoms with van der Waals surface area (Å²) in [6.07, 6.45) is 0. The van der Waals surface area contributed by atoms with Gasteiger partial charge in [-0.1, -0.05) is 12.1 Å². The standard InChI is InChI=1S/C13H18N2O3/c1-9(10-5-4-6-11(14)7-10)13(17)15(2)8-12(16)18-3/h4-7,9H,8,14H2,1-3H3. The summed E-state index contributed by atoms with van der Waals surface area (Å²) in [7, 11) is 2.87. The molecule has 1 aromatic rings. The van der Waals surface area contributed by atoms with E-state index in [9.17, 15) is 9.59 Å². The van der Waals surface area contributed by atoms with Crippen molar-refractivity contribution in [2.45, 2.75) is 12.8 Å². The smallest absolute Gasteiger partial charge is 0.325 e. The summed E-state index contributed by atoms with van der Waals surface area (Å²) in [5.74, 6) is -0.931. The molecule has 1 atom stereocenters. The fraction of sp³-hybridized carbons (Fsp3) is 0.385. The van der Waals surface area contributed by atoms with Crippen molar-refractivity contribution in [2.75, 3.05) is 26.4 Å². The van der Waals surface area contributed by atoms with Gasteiger partial charge in [0.25, 0.3) is 0 Å². The Balaban J connectivity index is 2.74. The number of hydrogen-bond acceptors (Lipinski definition) is 4. The first-order valence-corrected chi connectivity index (χ1v) is 5.63. The van der Waals surface area contributed by atoms with Crippen LogP contribution in [0, 0.1) is 0 Å². The van der Waals surface area contributed by atoms with Gasteiger partial charge in [-0.25, -0.2) is 0 Å². The van der Waals surface area contributed by atoms with Crippen LogP contribution in [-0.2, 0) is 14.3 Å². The number of anilines is 1. The maximum Gasteiger partial charge on any atom is 0.325 e. The lowest BCUT2D eigenvalue weighted by molar-refractivity contribution is -0.146. The molecule has 0 aliphatic heterocycles. The zero-order valence-electron chi connectivity index (χ0n) is 10.8. The molecule has 0 fully saturated rings. The number of ether oxygens (including phenoxy) is 1. The van der Waals surface area contributed by atoms with Crippen molar-refractivity contribution in [1.82, 2.24) is 4.90 Å². The number of benzene rings is 1. The summed E-state index contributed by atoms with van der Waals surface area (Å²) < 4.78 is 4.52. The number of carbonyl (C=O) groups excluding carboxylic acids is 2. The first-order valence-electron chi connectivity index (χ1n) is 5.63. The average Bonchev–Trinajstić information content (AvgIpc) is 2.36. The molecular weight excluding hydrogens is 232 g/mol. The molecule has 0 spiro atoms. The molecule has 1 rings (SSSR count). The van der Waals surface area contributed by atoms with Gasteiger partial charge in [0.1, 0.15) is 6.54 Å². The van der Waals surface area contributed by atoms with Crippen LogP contribution in [0.4, 0.5) is 5.69 Å². The third-order valence-corrected chi connectivity index (χ3v) is 2.75. The van der Waals surface area contributed by atoms with Crippen molar-refractivity contribution < 1.29 is 14.3 Å². The van der Waals surface area contributed by atoms with E-state index in [1.165, 1.54) is 12.0 Å². The largest absolute Gasteiger partial charge is 0.468 e. The molecule has 2 N–H and O–H groups in total. The molecule has 98 valence electrons. The third kappa shape index (κ3) is 3.48. The summed E-state index contributed by atoms with van der Waals surface area (Å²) in [5.41, 5.74) is 7.12. The molecular formula is C13H18N2O3. The first kappa shape index (κ1) is 14.0. The van der Waals surface area contributed by atoms with E-state index >= 15 is 0 Å². The Morgan fingerprint density at radius 3 is 2.67 bits per heavy atom. The Bertz CT molecular complexity index is 446. The predicted molar refractivity (Wildman–Crippen MR) is 68.9 cm³/mol. The molecule has 0 radical (unpaired) electrons. The Kier molecular flexibility index (Phi) is 4.71. The number of hydrogen-bond donors (Lipinski definition) is 1. The molecule has 0 aromatic heterocycles. The van der Waals surface area contributed by atoms with E-state index in [0.29, 0.717) is 5.69 Å². The molecule has 0 saturated carbocycles. The van der Waals surface area contributed by atoms with Crippen molar-refractivity contribution in [2.24, 2.45) is 0 Å². The molecule has 1 amide bonds. The normalized spacial score (nSPS) is 11.7. The number of likely N-dealkylation sites (N-methyl/N-ethyl adjacent to an activating group) is 1. The second kappa shape index (κ2) is 6.05. The molecule has 1 unspecified atom stereocenters. The highest BCUT2D eigenvalue weighted by atomic mass is 16.5. The van der Waals surface area contributed by atoms with Gasteiger partial charge in [-0.2, -0.15) is 0 Å². The van der Waals surface area contributed by atoms with Crippen LogP contribution < -0.4 is 5.73 Å². The number of esters is 1. The van der Waals surface area contributed by atoms with Crippen LogP contribution in [0.3, 0.4) is 0 Å². The lowest BCUT2D eigenvalue weighted by Gasteiger charge is -2.20. The highest BCUT2D eigenvalue weighted by Crippen LogP contribution is 2.19. The zero-order chi connectivity index (χ0) is 13.7. The van der Waals surface area contributed by atoms with E-state index in [0.717, 1.165) is 5.56 Å². The van der Waals surface area contributed by atoms with Gasteiger partial charge in [-0.15, -0.1) is 0 Å². The molecule has 0 aliphatic rings. The lowest BCUT2D eigenvalue weighted by Crippen LogP contribution is -2.35. The van der Waals surface area contributed by atoms with E-state index in [2.05, 4.69) is 4.74 Å². The van der Waals surface area contributed by atoms with Crippen LogP contribution >= 0.6 is 0 Å². The van der Waals surface area contributed by atoms with Gasteiger partial charge in [-0.3, -0.25) is 9.59 Å². The molecule has 0 bridgehead atoms. The van der Waals surface area contributed by atoms with Crippen LogP contribution in [0.1, 0.15) is 18.4 Å². The Morgan fingerprint density at radius 2 is 2.11 bits per heavy atom. The molecule has 5 nitrogen and oxygen atoms in total. The van der Waals surface area contributed by atoms with Crippen LogP contribution in [0.2, 0.25) is 0 Å². The highest BCUT2D eigenvalue weighted by Gasteiger charge is 2.21. The first-order chi connectivity index (χ1) is 8.45. The van der Waals surface area contributed by atoms with Crippen molar-refractivity contribution in [3.8, 4) is 0 Å². The SMILES string of the molecule is COC(=O)CN(C)C(=O)C(C)c1cccc(N)c1. The fourth-order valence-corrected chi connectivity index (χ4v) is 1.64. The van der Waals surface area contributed by atoms with Gasteiger partial charge in [0.05, 0.1) is 13.0 Å². The molecule has 0 aliphatic carbocycles. The Morgan fingerprint density at radius 1 is 1.44 bits per heavy atom. The van der Waals surface area contributed by atoms with Gasteiger partial charge >= 0.3 is 5.97 Å². The summed E-state index contributed by atoms with van der Waals surface area (Å²) >= 11 is 0. The quantitative estimate of drug-likeness (QED) is 0.639. The fourth-order valence-electron chi connectivity index (χ4n) is 1.64. The Labute approximate surface area is 107 Å². The Hall–Kier alpha value is -2.04. The molecule has 18 heavy (non-hydrogen) atoms. The van der Waals surface area contributed by atoms with E-state index in [1.807, 2.05) is 6.07 Å². The monoisotopic (exact) mass is 250 g/mol. The van der Waals surface area contributed by atoms with Crippen molar-refractivity contribution in [1.29, 1.82) is 0 Å². The lowest BCUT2D eigenvalue weighted by atomic mass is 9.99. The third-order valence-electron chi connectivity index (χ3n) is 2.75. The van der Waals surface area contributed by atoms with Gasteiger partial charge in [0.2, 0.25) is 5.91 Å². The number of carbonyl (C=O) groups is 2. The summed E-state index contributed by atoms with van der Waals surface area (Å²) in [6, 6.07) is 7.16. The number of amides is 1. The van der Waals surface area contributed by atoms with Crippen molar-refractivity contribution in [3.05, 3.63) is 29.8 Å². The van der Waals surface area contributed by atoms with Crippen molar-refractivity contribution >= 4 is 17.6 Å². The number of nitrogens with two attached hydrogens (primary N) is 1. The summed E-state index contributed by atoms with van der Waals surface area (Å²) in [5, 5.41) is 0. The summed E-state index contributed by atoms with van der Waals surface area (Å²) in [4.78, 5) is 24.5. The highest BCUT2D eigenvalue weighted by molar-refractivity contribution is 5.86. The molecule has 1 aromatic carbocycles. The van der Waals surface area contributed by atoms with Gasteiger partial charge in [0, 0.05) is 12.7 Å². The summed E-state index contributed by atoms with van der Waals surface area (Å²) in [6.45, 7) is 1.73. The maximum absolute atomic E-state index is 12.1. The van der Waals surface area contributed by atoms with E-state index in [-0.39, 0.29) is 18.4 Å². The molecule has 0 saturated heterocycles. The van der Waals surface area contributed by atoms with Gasteiger partial charge in [-0.05, 0) is 24.6 Å². The van der Waals surface area contributed by atoms with Gasteiger partial charge < -0.3 is 15.4 Å². The van der Waals surface area contributed by atoms with Crippen LogP contribution in [0.25, 0.3) is 0 Å². The number of nitrogen functional groups attached to an aromatic ring is 1. The van der Waals surface area contributed by atoms with E-state index < -0.39 is 5.97 Å². The van der Waals surface area contributed by atoms with Crippen LogP contribution in [0.15, 0.2) is 24.3 Å². The maximum atomic E-state index is 12.1. The van der Waals surface area contributed by atoms with Crippen LogP contribution in [0.5, 0.6) is 0 Å². The minimum atomic E-state index is -0.439. The number of nitrogens with zero attached hydrogens (tertiary/aromatic N) is 1. The van der Waals surface area contributed by atoms with Crippen LogP contribution in [-0.4, -0.2) is 37.5 Å². The second-order valence-electron chi connectivity index (χ2n) is 4.16.